The predicted octanol–water partition coefficient (Wildman–Crippen LogP) is 1.12. The SMILES string of the molecule is Nc1nccc(-c2ccccn2)n1.[Cu]. The van der Waals surface area contributed by atoms with Crippen LogP contribution in [-0.4, -0.2) is 15.0 Å². The number of pyridine rings is 1. The Morgan fingerprint density at radius 2 is 1.79 bits per heavy atom. The van der Waals surface area contributed by atoms with E-state index in [1.807, 2.05) is 18.2 Å². The summed E-state index contributed by atoms with van der Waals surface area (Å²) in [7, 11) is 0. The molecule has 0 unspecified atom stereocenters. The molecule has 0 aromatic carbocycles. The van der Waals surface area contributed by atoms with Crippen molar-refractivity contribution in [3.63, 3.8) is 0 Å². The smallest absolute Gasteiger partial charge is 0.220 e. The largest absolute Gasteiger partial charge is 0.368 e. The van der Waals surface area contributed by atoms with Gasteiger partial charge >= 0.3 is 0 Å². The van der Waals surface area contributed by atoms with Crippen LogP contribution < -0.4 is 5.73 Å². The molecule has 0 fully saturated rings. The Bertz CT molecular complexity index is 405. The summed E-state index contributed by atoms with van der Waals surface area (Å²) in [5, 5.41) is 0. The summed E-state index contributed by atoms with van der Waals surface area (Å²) in [6, 6.07) is 7.41. The van der Waals surface area contributed by atoms with Gasteiger partial charge in [-0.3, -0.25) is 4.98 Å². The predicted molar refractivity (Wildman–Crippen MR) is 49.7 cm³/mol. The van der Waals surface area contributed by atoms with Gasteiger partial charge in [-0.05, 0) is 18.2 Å². The second-order valence-corrected chi connectivity index (χ2v) is 2.52. The Balaban J connectivity index is 0.000000980. The molecule has 0 aliphatic carbocycles. The summed E-state index contributed by atoms with van der Waals surface area (Å²) in [6.45, 7) is 0. The summed E-state index contributed by atoms with van der Waals surface area (Å²) in [4.78, 5) is 12.0. The molecule has 75 valence electrons. The third-order valence-corrected chi connectivity index (χ3v) is 1.60. The van der Waals surface area contributed by atoms with E-state index in [0.29, 0.717) is 0 Å². The van der Waals surface area contributed by atoms with Crippen LogP contribution in [0.25, 0.3) is 11.4 Å². The molecule has 2 aromatic rings. The minimum absolute atomic E-state index is 0. The summed E-state index contributed by atoms with van der Waals surface area (Å²) in [6.07, 6.45) is 3.33. The van der Waals surface area contributed by atoms with E-state index >= 15 is 0 Å². The first-order chi connectivity index (χ1) is 6.36. The van der Waals surface area contributed by atoms with Crippen molar-refractivity contribution in [2.45, 2.75) is 0 Å². The first kappa shape index (κ1) is 10.6. The number of nitrogens with zero attached hydrogens (tertiary/aromatic N) is 3. The third-order valence-electron chi connectivity index (χ3n) is 1.60. The van der Waals surface area contributed by atoms with Crippen LogP contribution in [0.3, 0.4) is 0 Å². The third kappa shape index (κ3) is 2.28. The van der Waals surface area contributed by atoms with Gasteiger partial charge in [0.25, 0.3) is 0 Å². The summed E-state index contributed by atoms with van der Waals surface area (Å²) < 4.78 is 0. The standard InChI is InChI=1S/C9H8N4.Cu/c10-9-12-6-4-8(13-9)7-3-1-2-5-11-7;/h1-6H,(H2,10,12,13);. The molecule has 0 aliphatic rings. The molecule has 4 nitrogen and oxygen atoms in total. The number of nitrogen functional groups attached to an aromatic ring is 1. The number of hydrogen-bond acceptors (Lipinski definition) is 4. The fourth-order valence-corrected chi connectivity index (χ4v) is 1.03. The number of rotatable bonds is 1. The van der Waals surface area contributed by atoms with Crippen LogP contribution in [0.1, 0.15) is 0 Å². The Morgan fingerprint density at radius 1 is 0.929 bits per heavy atom. The Labute approximate surface area is 92.1 Å². The van der Waals surface area contributed by atoms with Gasteiger partial charge in [-0.25, -0.2) is 9.97 Å². The van der Waals surface area contributed by atoms with Crippen molar-refractivity contribution >= 4 is 5.95 Å². The number of anilines is 1. The van der Waals surface area contributed by atoms with Crippen molar-refractivity contribution in [1.82, 2.24) is 15.0 Å². The van der Waals surface area contributed by atoms with E-state index in [1.54, 1.807) is 18.5 Å². The molecule has 0 saturated heterocycles. The second-order valence-electron chi connectivity index (χ2n) is 2.52. The molecule has 2 rings (SSSR count). The van der Waals surface area contributed by atoms with E-state index in [4.69, 9.17) is 5.73 Å². The van der Waals surface area contributed by atoms with E-state index in [0.717, 1.165) is 11.4 Å². The molecule has 2 N–H and O–H groups in total. The maximum absolute atomic E-state index is 5.45. The topological polar surface area (TPSA) is 64.7 Å². The van der Waals surface area contributed by atoms with Gasteiger partial charge in [0.05, 0.1) is 11.4 Å². The van der Waals surface area contributed by atoms with Crippen LogP contribution in [-0.2, 0) is 17.1 Å². The van der Waals surface area contributed by atoms with E-state index in [9.17, 15) is 0 Å². The fraction of sp³-hybridized carbons (Fsp3) is 0. The van der Waals surface area contributed by atoms with Crippen LogP contribution in [0.5, 0.6) is 0 Å². The van der Waals surface area contributed by atoms with Crippen LogP contribution in [0.4, 0.5) is 5.95 Å². The Morgan fingerprint density at radius 3 is 2.43 bits per heavy atom. The van der Waals surface area contributed by atoms with Crippen molar-refractivity contribution < 1.29 is 17.1 Å². The van der Waals surface area contributed by atoms with Crippen molar-refractivity contribution in [2.24, 2.45) is 0 Å². The van der Waals surface area contributed by atoms with Crippen LogP contribution in [0, 0.1) is 0 Å². The molecular formula is C9H8CuN4. The molecule has 2 heterocycles. The van der Waals surface area contributed by atoms with Gasteiger partial charge in [0, 0.05) is 29.5 Å². The van der Waals surface area contributed by atoms with Gasteiger partial charge in [0.15, 0.2) is 0 Å². The van der Waals surface area contributed by atoms with E-state index < -0.39 is 0 Å². The zero-order chi connectivity index (χ0) is 9.10. The minimum atomic E-state index is 0. The van der Waals surface area contributed by atoms with Crippen molar-refractivity contribution in [3.05, 3.63) is 36.7 Å². The molecular weight excluding hydrogens is 228 g/mol. The maximum atomic E-state index is 5.45. The molecule has 1 radical (unpaired) electrons. The molecule has 2 aromatic heterocycles. The van der Waals surface area contributed by atoms with Crippen LogP contribution in [0.15, 0.2) is 36.7 Å². The summed E-state index contributed by atoms with van der Waals surface area (Å²) >= 11 is 0. The summed E-state index contributed by atoms with van der Waals surface area (Å²) in [5.74, 6) is 0.267. The van der Waals surface area contributed by atoms with Gasteiger partial charge in [-0.15, -0.1) is 0 Å². The molecule has 0 atom stereocenters. The maximum Gasteiger partial charge on any atom is 0.220 e. The van der Waals surface area contributed by atoms with Gasteiger partial charge in [-0.2, -0.15) is 0 Å². The van der Waals surface area contributed by atoms with Gasteiger partial charge in [-0.1, -0.05) is 6.07 Å². The number of nitrogens with two attached hydrogens (primary N) is 1. The zero-order valence-corrected chi connectivity index (χ0v) is 8.13. The molecule has 0 saturated carbocycles. The molecule has 0 bridgehead atoms. The first-order valence-electron chi connectivity index (χ1n) is 3.86. The van der Waals surface area contributed by atoms with E-state index in [2.05, 4.69) is 15.0 Å². The van der Waals surface area contributed by atoms with Crippen LogP contribution in [0.2, 0.25) is 0 Å². The normalized spacial score (nSPS) is 9.14. The van der Waals surface area contributed by atoms with Crippen molar-refractivity contribution in [2.75, 3.05) is 5.73 Å². The average molecular weight is 236 g/mol. The van der Waals surface area contributed by atoms with Gasteiger partial charge in [0.2, 0.25) is 5.95 Å². The number of aromatic nitrogens is 3. The molecule has 5 heteroatoms. The van der Waals surface area contributed by atoms with Crippen molar-refractivity contribution in [3.8, 4) is 11.4 Å². The summed E-state index contributed by atoms with van der Waals surface area (Å²) in [5.41, 5.74) is 6.99. The molecule has 0 amide bonds. The molecule has 14 heavy (non-hydrogen) atoms. The van der Waals surface area contributed by atoms with Gasteiger partial charge < -0.3 is 5.73 Å². The average Bonchev–Trinajstić information content (AvgIpc) is 2.19. The minimum Gasteiger partial charge on any atom is -0.368 e. The molecule has 0 aliphatic heterocycles. The Hall–Kier alpha value is -1.45. The van der Waals surface area contributed by atoms with Gasteiger partial charge in [0.1, 0.15) is 0 Å². The first-order valence-corrected chi connectivity index (χ1v) is 3.86. The Kier molecular flexibility index (Phi) is 3.56. The fourth-order valence-electron chi connectivity index (χ4n) is 1.03. The second kappa shape index (κ2) is 4.69. The van der Waals surface area contributed by atoms with Crippen molar-refractivity contribution in [1.29, 1.82) is 0 Å². The monoisotopic (exact) mass is 235 g/mol. The quantitative estimate of drug-likeness (QED) is 0.753. The number of hydrogen-bond donors (Lipinski definition) is 1. The van der Waals surface area contributed by atoms with E-state index in [1.165, 1.54) is 0 Å². The zero-order valence-electron chi connectivity index (χ0n) is 7.18. The van der Waals surface area contributed by atoms with Crippen LogP contribution >= 0.6 is 0 Å². The molecule has 0 spiro atoms. The van der Waals surface area contributed by atoms with E-state index in [-0.39, 0.29) is 23.0 Å².